The summed E-state index contributed by atoms with van der Waals surface area (Å²) in [5.74, 6) is 0.457. The predicted molar refractivity (Wildman–Crippen MR) is 114 cm³/mol. The molecular formula is C24H28NOP. The van der Waals surface area contributed by atoms with Gasteiger partial charge in [0.15, 0.2) is 0 Å². The van der Waals surface area contributed by atoms with Crippen molar-refractivity contribution in [1.82, 2.24) is 4.67 Å². The quantitative estimate of drug-likeness (QED) is 0.462. The first kappa shape index (κ1) is 18.5. The van der Waals surface area contributed by atoms with Gasteiger partial charge in [0.05, 0.1) is 6.04 Å². The molecule has 1 saturated heterocycles. The summed E-state index contributed by atoms with van der Waals surface area (Å²) in [6, 6.07) is 20.7. The molecular weight excluding hydrogens is 349 g/mol. The summed E-state index contributed by atoms with van der Waals surface area (Å²) < 4.78 is 17.2. The minimum atomic E-state index is -2.90. The molecule has 0 radical (unpaired) electrons. The van der Waals surface area contributed by atoms with Gasteiger partial charge >= 0.3 is 0 Å². The van der Waals surface area contributed by atoms with E-state index in [0.717, 1.165) is 10.6 Å². The third-order valence-corrected chi connectivity index (χ3v) is 9.19. The Hall–Kier alpha value is -1.89. The number of hydrogen-bond acceptors (Lipinski definition) is 1. The lowest BCUT2D eigenvalue weighted by Crippen LogP contribution is -2.41. The van der Waals surface area contributed by atoms with Crippen LogP contribution < -0.4 is 5.30 Å². The van der Waals surface area contributed by atoms with Gasteiger partial charge in [-0.3, -0.25) is 4.57 Å². The van der Waals surface area contributed by atoms with Crippen molar-refractivity contribution in [2.45, 2.75) is 39.3 Å². The third kappa shape index (κ3) is 2.96. The molecule has 0 aromatic heterocycles. The zero-order valence-corrected chi connectivity index (χ0v) is 17.4. The van der Waals surface area contributed by atoms with Crippen molar-refractivity contribution in [3.05, 3.63) is 89.8 Å². The van der Waals surface area contributed by atoms with E-state index in [4.69, 9.17) is 0 Å². The van der Waals surface area contributed by atoms with Gasteiger partial charge in [-0.25, -0.2) is 4.67 Å². The highest BCUT2D eigenvalue weighted by Crippen LogP contribution is 2.73. The minimum Gasteiger partial charge on any atom is -0.297 e. The fourth-order valence-electron chi connectivity index (χ4n) is 4.59. The predicted octanol–water partition coefficient (Wildman–Crippen LogP) is 6.15. The monoisotopic (exact) mass is 377 g/mol. The number of nitrogens with zero attached hydrogens (tertiary/aromatic N) is 1. The van der Waals surface area contributed by atoms with Crippen LogP contribution in [0.1, 0.15) is 39.3 Å². The van der Waals surface area contributed by atoms with Crippen molar-refractivity contribution in [3.63, 3.8) is 0 Å². The molecule has 140 valence electrons. The summed E-state index contributed by atoms with van der Waals surface area (Å²) in [6.07, 6.45) is 6.80. The molecule has 4 atom stereocenters. The van der Waals surface area contributed by atoms with Crippen LogP contribution in [0.2, 0.25) is 0 Å². The van der Waals surface area contributed by atoms with E-state index in [1.807, 2.05) is 36.4 Å². The van der Waals surface area contributed by atoms with E-state index in [9.17, 15) is 4.57 Å². The maximum Gasteiger partial charge on any atom is 0.204 e. The molecule has 1 fully saturated rings. The van der Waals surface area contributed by atoms with Gasteiger partial charge in [0.2, 0.25) is 7.29 Å². The fraction of sp³-hybridized carbons (Fsp3) is 0.333. The molecule has 2 aliphatic rings. The largest absolute Gasteiger partial charge is 0.297 e. The Morgan fingerprint density at radius 1 is 0.889 bits per heavy atom. The average molecular weight is 377 g/mol. The summed E-state index contributed by atoms with van der Waals surface area (Å²) in [5.41, 5.74) is 0.998. The van der Waals surface area contributed by atoms with E-state index in [2.05, 4.69) is 74.9 Å². The van der Waals surface area contributed by atoms with Crippen molar-refractivity contribution in [1.29, 1.82) is 0 Å². The van der Waals surface area contributed by atoms with Gasteiger partial charge in [-0.15, -0.1) is 0 Å². The van der Waals surface area contributed by atoms with Crippen LogP contribution in [0.4, 0.5) is 0 Å². The summed E-state index contributed by atoms with van der Waals surface area (Å²) in [5, 5.41) is 2.05. The average Bonchev–Trinajstić information content (AvgIpc) is 2.93. The van der Waals surface area contributed by atoms with Crippen molar-refractivity contribution >= 4 is 12.6 Å². The molecule has 0 spiro atoms. The van der Waals surface area contributed by atoms with Gasteiger partial charge in [0.1, 0.15) is 0 Å². The highest BCUT2D eigenvalue weighted by molar-refractivity contribution is 7.73. The van der Waals surface area contributed by atoms with Crippen LogP contribution in [0.25, 0.3) is 0 Å². The zero-order chi connectivity index (χ0) is 19.2. The van der Waals surface area contributed by atoms with Crippen LogP contribution in [-0.2, 0) is 4.57 Å². The summed E-state index contributed by atoms with van der Waals surface area (Å²) in [4.78, 5) is 0. The fourth-order valence-corrected chi connectivity index (χ4v) is 8.51. The molecule has 0 unspecified atom stereocenters. The first-order chi connectivity index (χ1) is 12.8. The van der Waals surface area contributed by atoms with Gasteiger partial charge in [-0.2, -0.15) is 0 Å². The normalized spacial score (nSPS) is 30.8. The number of allylic oxidation sites excluding steroid dienone is 2. The standard InChI is InChI=1S/C24H28NOP/c1-18-15-16-21-22(17-18)27(26,20-13-9-6-10-14-20)25(24(2,3)4)23(21)19-11-7-5-8-12-19/h5-18,21,23H,1-4H3/t18-,21+,23+,27-/m1/s1. The molecule has 0 amide bonds. The number of rotatable bonds is 2. The Labute approximate surface area is 163 Å². The Kier molecular flexibility index (Phi) is 4.53. The van der Waals surface area contributed by atoms with Gasteiger partial charge in [-0.1, -0.05) is 73.7 Å². The van der Waals surface area contributed by atoms with Crippen LogP contribution >= 0.6 is 7.29 Å². The molecule has 27 heavy (non-hydrogen) atoms. The first-order valence-electron chi connectivity index (χ1n) is 9.74. The van der Waals surface area contributed by atoms with Crippen LogP contribution in [0.3, 0.4) is 0 Å². The van der Waals surface area contributed by atoms with E-state index in [0.29, 0.717) is 5.92 Å². The summed E-state index contributed by atoms with van der Waals surface area (Å²) >= 11 is 0. The minimum absolute atomic E-state index is 0.0761. The Bertz CT molecular complexity index is 924. The third-order valence-electron chi connectivity index (χ3n) is 5.59. The van der Waals surface area contributed by atoms with Crippen molar-refractivity contribution in [3.8, 4) is 0 Å². The molecule has 2 aromatic rings. The molecule has 0 N–H and O–H groups in total. The van der Waals surface area contributed by atoms with E-state index in [-0.39, 0.29) is 17.5 Å². The Balaban J connectivity index is 2.01. The van der Waals surface area contributed by atoms with E-state index in [1.165, 1.54) is 5.56 Å². The van der Waals surface area contributed by atoms with E-state index < -0.39 is 7.29 Å². The highest BCUT2D eigenvalue weighted by atomic mass is 31.2. The molecule has 1 aliphatic heterocycles. The van der Waals surface area contributed by atoms with Crippen molar-refractivity contribution < 1.29 is 4.57 Å². The smallest absolute Gasteiger partial charge is 0.204 e. The zero-order valence-electron chi connectivity index (χ0n) is 16.5. The maximum atomic E-state index is 14.9. The second-order valence-electron chi connectivity index (χ2n) is 8.64. The lowest BCUT2D eigenvalue weighted by atomic mass is 9.86. The second kappa shape index (κ2) is 6.62. The van der Waals surface area contributed by atoms with Crippen LogP contribution in [-0.4, -0.2) is 10.2 Å². The molecule has 2 nitrogen and oxygen atoms in total. The van der Waals surface area contributed by atoms with Crippen LogP contribution in [0, 0.1) is 11.8 Å². The number of hydrogen-bond donors (Lipinski definition) is 0. The molecule has 0 saturated carbocycles. The second-order valence-corrected chi connectivity index (χ2v) is 11.3. The topological polar surface area (TPSA) is 20.3 Å². The Morgan fingerprint density at radius 3 is 2.07 bits per heavy atom. The molecule has 1 aliphatic carbocycles. The lowest BCUT2D eigenvalue weighted by Gasteiger charge is -2.41. The summed E-state index contributed by atoms with van der Waals surface area (Å²) in [7, 11) is -2.90. The lowest BCUT2D eigenvalue weighted by molar-refractivity contribution is 0.189. The number of benzene rings is 2. The highest BCUT2D eigenvalue weighted by Gasteiger charge is 2.57. The van der Waals surface area contributed by atoms with E-state index >= 15 is 0 Å². The number of fused-ring (bicyclic) bond motifs is 1. The van der Waals surface area contributed by atoms with Gasteiger partial charge in [0, 0.05) is 22.1 Å². The first-order valence-corrected chi connectivity index (χ1v) is 11.4. The van der Waals surface area contributed by atoms with Gasteiger partial charge in [0.25, 0.3) is 0 Å². The van der Waals surface area contributed by atoms with Crippen LogP contribution in [0.5, 0.6) is 0 Å². The van der Waals surface area contributed by atoms with Crippen molar-refractivity contribution in [2.24, 2.45) is 11.8 Å². The SMILES string of the molecule is C[C@@H]1C=C[C@H]2C(=C1)[P@](=O)(c1ccccc1)N(C(C)(C)C)[C@H]2c1ccccc1. The summed E-state index contributed by atoms with van der Waals surface area (Å²) in [6.45, 7) is 8.73. The molecule has 2 aromatic carbocycles. The molecule has 4 rings (SSSR count). The van der Waals surface area contributed by atoms with Crippen molar-refractivity contribution in [2.75, 3.05) is 0 Å². The molecule has 0 bridgehead atoms. The van der Waals surface area contributed by atoms with E-state index in [1.54, 1.807) is 0 Å². The van der Waals surface area contributed by atoms with Gasteiger partial charge < -0.3 is 0 Å². The van der Waals surface area contributed by atoms with Gasteiger partial charge in [-0.05, 0) is 44.4 Å². The maximum absolute atomic E-state index is 14.9. The molecule has 1 heterocycles. The molecule has 3 heteroatoms. The Morgan fingerprint density at radius 2 is 1.48 bits per heavy atom. The van der Waals surface area contributed by atoms with Crippen LogP contribution in [0.15, 0.2) is 84.2 Å².